The zero-order valence-electron chi connectivity index (χ0n) is 34.0. The summed E-state index contributed by atoms with van der Waals surface area (Å²) in [6.45, 7) is 17.5. The van der Waals surface area contributed by atoms with Gasteiger partial charge in [-0.3, -0.25) is 9.78 Å². The molecule has 1 aliphatic rings. The van der Waals surface area contributed by atoms with E-state index in [1.807, 2.05) is 27.7 Å². The van der Waals surface area contributed by atoms with Crippen molar-refractivity contribution >= 4 is 62.9 Å². The van der Waals surface area contributed by atoms with Gasteiger partial charge in [-0.05, 0) is 79.3 Å². The van der Waals surface area contributed by atoms with Crippen LogP contribution in [0.25, 0.3) is 60.3 Å². The van der Waals surface area contributed by atoms with Crippen LogP contribution in [-0.4, -0.2) is 28.3 Å². The summed E-state index contributed by atoms with van der Waals surface area (Å²) in [4.78, 5) is 16.9. The van der Waals surface area contributed by atoms with Crippen LogP contribution in [0.15, 0.2) is 84.6 Å². The molecule has 0 spiro atoms. The van der Waals surface area contributed by atoms with Crippen molar-refractivity contribution in [2.45, 2.75) is 111 Å². The summed E-state index contributed by atoms with van der Waals surface area (Å²) in [6.07, 6.45) is 7.60. The van der Waals surface area contributed by atoms with E-state index in [4.69, 9.17) is 4.98 Å². The summed E-state index contributed by atoms with van der Waals surface area (Å²) >= 11 is 0. The van der Waals surface area contributed by atoms with E-state index >= 15 is 0 Å². The number of para-hydroxylation sites is 1. The number of ketones is 1. The fourth-order valence-electron chi connectivity index (χ4n) is 9.16. The molecule has 4 heterocycles. The van der Waals surface area contributed by atoms with E-state index in [2.05, 4.69) is 110 Å². The minimum absolute atomic E-state index is 0. The summed E-state index contributed by atoms with van der Waals surface area (Å²) in [5.74, 6) is 1.24. The SMILES string of the molecule is CCC(CC)C(=O)/C=C(\O)C(CC)CC.Cc1[c-]c(-c2cc3c4c(cccc4c4cccc5c6cc(C7CC[Si](C)(C)CC7)ccc6n3c45)n2)cc(C)c1.[Ir]. The Morgan fingerprint density at radius 3 is 2.13 bits per heavy atom. The summed E-state index contributed by atoms with van der Waals surface area (Å²) in [5.41, 5.74) is 10.9. The number of carbonyl (C=O) groups excluding carboxylic acids is 1. The molecule has 1 saturated heterocycles. The van der Waals surface area contributed by atoms with Gasteiger partial charge in [0, 0.05) is 73.2 Å². The predicted molar refractivity (Wildman–Crippen MR) is 233 cm³/mol. The van der Waals surface area contributed by atoms with Crippen molar-refractivity contribution in [3.05, 3.63) is 107 Å². The van der Waals surface area contributed by atoms with E-state index in [-0.39, 0.29) is 43.5 Å². The smallest absolute Gasteiger partial charge is 0.162 e. The first-order valence-electron chi connectivity index (χ1n) is 20.4. The molecule has 55 heavy (non-hydrogen) atoms. The normalized spacial score (nSPS) is 15.1. The van der Waals surface area contributed by atoms with Crippen LogP contribution in [0.1, 0.15) is 88.8 Å². The van der Waals surface area contributed by atoms with Crippen molar-refractivity contribution in [3.63, 3.8) is 0 Å². The maximum atomic E-state index is 11.7. The van der Waals surface area contributed by atoms with E-state index in [1.54, 1.807) is 0 Å². The van der Waals surface area contributed by atoms with Crippen LogP contribution >= 0.6 is 0 Å². The van der Waals surface area contributed by atoms with Gasteiger partial charge in [-0.15, -0.1) is 34.9 Å². The van der Waals surface area contributed by atoms with Crippen molar-refractivity contribution in [2.75, 3.05) is 0 Å². The molecule has 1 N–H and O–H groups in total. The molecule has 0 amide bonds. The second-order valence-electron chi connectivity index (χ2n) is 16.7. The van der Waals surface area contributed by atoms with E-state index in [1.165, 1.54) is 85.6 Å². The average molecular weight is 926 g/mol. The number of hydrogen-bond acceptors (Lipinski definition) is 3. The van der Waals surface area contributed by atoms with E-state index in [9.17, 15) is 9.90 Å². The van der Waals surface area contributed by atoms with Crippen molar-refractivity contribution in [2.24, 2.45) is 11.8 Å². The molecule has 4 nitrogen and oxygen atoms in total. The van der Waals surface area contributed by atoms with Crippen LogP contribution in [0.3, 0.4) is 0 Å². The number of aryl methyl sites for hydroxylation is 2. The maximum absolute atomic E-state index is 11.7. The van der Waals surface area contributed by atoms with Gasteiger partial charge in [0.15, 0.2) is 5.78 Å². The van der Waals surface area contributed by atoms with Gasteiger partial charge in [0.25, 0.3) is 0 Å². The monoisotopic (exact) mass is 926 g/mol. The van der Waals surface area contributed by atoms with Crippen LogP contribution in [0, 0.1) is 31.7 Å². The van der Waals surface area contributed by atoms with Crippen LogP contribution < -0.4 is 0 Å². The minimum Gasteiger partial charge on any atom is -0.512 e. The second-order valence-corrected chi connectivity index (χ2v) is 22.1. The third-order valence-electron chi connectivity index (χ3n) is 12.5. The van der Waals surface area contributed by atoms with E-state index in [0.29, 0.717) is 5.92 Å². The molecule has 0 bridgehead atoms. The summed E-state index contributed by atoms with van der Waals surface area (Å²) in [6, 6.07) is 33.9. The zero-order chi connectivity index (χ0) is 38.3. The summed E-state index contributed by atoms with van der Waals surface area (Å²) in [7, 11) is -0.980. The Kier molecular flexibility index (Phi) is 12.4. The average Bonchev–Trinajstić information content (AvgIpc) is 3.49. The number of aliphatic hydroxyl groups is 1. The first kappa shape index (κ1) is 40.8. The number of carbonyl (C=O) groups is 1. The number of hydrogen-bond donors (Lipinski definition) is 1. The molecule has 6 heteroatoms. The van der Waals surface area contributed by atoms with Crippen LogP contribution in [0.5, 0.6) is 0 Å². The van der Waals surface area contributed by atoms with E-state index < -0.39 is 8.07 Å². The molecule has 0 unspecified atom stereocenters. The molecule has 7 aromatic rings. The number of aliphatic hydroxyl groups excluding tert-OH is 1. The Morgan fingerprint density at radius 2 is 1.47 bits per heavy atom. The predicted octanol–water partition coefficient (Wildman–Crippen LogP) is 13.9. The topological polar surface area (TPSA) is 54.6 Å². The van der Waals surface area contributed by atoms with Crippen LogP contribution in [-0.2, 0) is 24.9 Å². The van der Waals surface area contributed by atoms with Gasteiger partial charge in [-0.25, -0.2) is 0 Å². The first-order chi connectivity index (χ1) is 26.0. The Balaban J connectivity index is 0.000000276. The van der Waals surface area contributed by atoms with Crippen molar-refractivity contribution in [1.29, 1.82) is 0 Å². The molecule has 1 radical (unpaired) electrons. The van der Waals surface area contributed by atoms with Gasteiger partial charge in [-0.1, -0.05) is 109 Å². The third-order valence-corrected chi connectivity index (χ3v) is 15.8. The number of allylic oxidation sites excluding steroid dienone is 2. The first-order valence-corrected chi connectivity index (χ1v) is 23.8. The molecule has 0 atom stereocenters. The van der Waals surface area contributed by atoms with Crippen molar-refractivity contribution in [3.8, 4) is 11.3 Å². The second kappa shape index (κ2) is 16.7. The number of pyridine rings is 2. The number of fused-ring (bicyclic) bond motifs is 5. The fraction of sp³-hybridized carbons (Fsp3) is 0.388. The van der Waals surface area contributed by atoms with Gasteiger partial charge < -0.3 is 9.51 Å². The van der Waals surface area contributed by atoms with Crippen molar-refractivity contribution in [1.82, 2.24) is 9.38 Å². The standard InChI is InChI=1S/C36H33N2Si.C13H24O2.Ir/c1-22-17-23(2)19-26(18-22)32-21-34-35-27(7-6-10-31(35)37-32)28-8-5-9-29-30-20-25(11-12-33(30)38(34)36(28)29)24-13-15-39(3,4)16-14-24;1-5-10(6-2)12(14)9-13(15)11(7-3)8-4;/h5-12,17-18,20-21,24H,13-16H2,1-4H3;9-11,14H,5-8H2,1-4H3;/q-1;;/b;12-9-;. The van der Waals surface area contributed by atoms with Crippen LogP contribution in [0.4, 0.5) is 0 Å². The van der Waals surface area contributed by atoms with Gasteiger partial charge in [0.1, 0.15) is 0 Å². The summed E-state index contributed by atoms with van der Waals surface area (Å²) < 4.78 is 2.52. The molecule has 3 aromatic heterocycles. The van der Waals surface area contributed by atoms with E-state index in [0.717, 1.165) is 48.0 Å². The Labute approximate surface area is 342 Å². The molecule has 8 rings (SSSR count). The van der Waals surface area contributed by atoms with Crippen molar-refractivity contribution < 1.29 is 30.0 Å². The Hall–Kier alpha value is -3.83. The number of rotatable bonds is 9. The molecule has 1 aliphatic heterocycles. The van der Waals surface area contributed by atoms with Crippen LogP contribution in [0.2, 0.25) is 25.2 Å². The van der Waals surface area contributed by atoms with Gasteiger partial charge in [-0.2, -0.15) is 0 Å². The molecular weight excluding hydrogens is 869 g/mol. The molecule has 1 fully saturated rings. The maximum Gasteiger partial charge on any atom is 0.162 e. The molecule has 4 aromatic carbocycles. The third kappa shape index (κ3) is 7.93. The Morgan fingerprint density at radius 1 is 0.836 bits per heavy atom. The molecule has 0 saturated carbocycles. The largest absolute Gasteiger partial charge is 0.512 e. The van der Waals surface area contributed by atoms with Gasteiger partial charge >= 0.3 is 0 Å². The summed E-state index contributed by atoms with van der Waals surface area (Å²) in [5, 5.41) is 16.3. The van der Waals surface area contributed by atoms with Gasteiger partial charge in [0.05, 0.1) is 22.3 Å². The quantitative estimate of drug-likeness (QED) is 0.0392. The molecule has 0 aliphatic carbocycles. The van der Waals surface area contributed by atoms with Gasteiger partial charge in [0.2, 0.25) is 0 Å². The molecular formula is C49H57IrN2O2Si-. The number of aromatic nitrogens is 2. The number of nitrogens with zero attached hydrogens (tertiary/aromatic N) is 2. The zero-order valence-corrected chi connectivity index (χ0v) is 37.4. The fourth-order valence-corrected chi connectivity index (χ4v) is 11.7. The minimum atomic E-state index is -0.980. The Bertz CT molecular complexity index is 2470. The number of benzene rings is 4. The molecule has 289 valence electrons.